The molecule has 1 aromatic carbocycles. The zero-order valence-corrected chi connectivity index (χ0v) is 11.7. The summed E-state index contributed by atoms with van der Waals surface area (Å²) in [6, 6.07) is 1.68. The van der Waals surface area contributed by atoms with E-state index in [0.29, 0.717) is 19.6 Å². The van der Waals surface area contributed by atoms with Gasteiger partial charge in [0.2, 0.25) is 0 Å². The maximum atomic E-state index is 13.6. The molecule has 0 aromatic heterocycles. The van der Waals surface area contributed by atoms with Crippen LogP contribution in [0.15, 0.2) is 12.1 Å². The number of halogens is 2. The molecule has 0 radical (unpaired) electrons. The average Bonchev–Trinajstić information content (AvgIpc) is 2.37. The maximum Gasteiger partial charge on any atom is 0.254 e. The molecular formula is C14H20F2N2O2. The Bertz CT molecular complexity index is 465. The normalized spacial score (nSPS) is 10.8. The number of unbranched alkanes of at least 4 members (excludes halogenated alkanes) is 1. The Hall–Kier alpha value is -1.69. The molecule has 112 valence electrons. The molecule has 3 N–H and O–H groups in total. The molecule has 0 aliphatic carbocycles. The lowest BCUT2D eigenvalue weighted by molar-refractivity contribution is 0.0754. The highest BCUT2D eigenvalue weighted by Crippen LogP contribution is 2.17. The Kier molecular flexibility index (Phi) is 6.38. The lowest BCUT2D eigenvalue weighted by Gasteiger charge is -2.09. The molecule has 0 heterocycles. The predicted octanol–water partition coefficient (Wildman–Crippen LogP) is 2.48. The fourth-order valence-electron chi connectivity index (χ4n) is 1.62. The standard InChI is InChI=1S/C14H20F2N2O2/c1-9(2)20-6-4-3-5-18-14(19)11-7-10(15)8-12(17)13(11)16/h7-9H,3-6,17H2,1-2H3,(H,18,19). The zero-order valence-electron chi connectivity index (χ0n) is 11.7. The molecule has 20 heavy (non-hydrogen) atoms. The lowest BCUT2D eigenvalue weighted by atomic mass is 10.1. The summed E-state index contributed by atoms with van der Waals surface area (Å²) in [6.07, 6.45) is 1.66. The van der Waals surface area contributed by atoms with Gasteiger partial charge in [0.15, 0.2) is 5.82 Å². The van der Waals surface area contributed by atoms with Crippen molar-refractivity contribution in [3.8, 4) is 0 Å². The van der Waals surface area contributed by atoms with Crippen molar-refractivity contribution >= 4 is 11.6 Å². The van der Waals surface area contributed by atoms with Crippen LogP contribution < -0.4 is 11.1 Å². The van der Waals surface area contributed by atoms with Gasteiger partial charge in [0.05, 0.1) is 17.4 Å². The van der Waals surface area contributed by atoms with E-state index in [4.69, 9.17) is 10.5 Å². The van der Waals surface area contributed by atoms with Gasteiger partial charge in [-0.2, -0.15) is 0 Å². The monoisotopic (exact) mass is 286 g/mol. The first kappa shape index (κ1) is 16.4. The van der Waals surface area contributed by atoms with Crippen molar-refractivity contribution in [3.05, 3.63) is 29.3 Å². The van der Waals surface area contributed by atoms with Gasteiger partial charge >= 0.3 is 0 Å². The number of carbonyl (C=O) groups is 1. The summed E-state index contributed by atoms with van der Waals surface area (Å²) in [7, 11) is 0. The molecule has 0 aliphatic heterocycles. The van der Waals surface area contributed by atoms with Crippen LogP contribution in [-0.2, 0) is 4.74 Å². The van der Waals surface area contributed by atoms with Crippen molar-refractivity contribution in [3.63, 3.8) is 0 Å². The van der Waals surface area contributed by atoms with Gasteiger partial charge in [0.1, 0.15) is 5.82 Å². The van der Waals surface area contributed by atoms with Gasteiger partial charge in [-0.3, -0.25) is 4.79 Å². The number of carbonyl (C=O) groups excluding carboxylic acids is 1. The van der Waals surface area contributed by atoms with Gasteiger partial charge in [0.25, 0.3) is 5.91 Å². The number of nitrogen functional groups attached to an aromatic ring is 1. The maximum absolute atomic E-state index is 13.6. The molecule has 1 rings (SSSR count). The minimum Gasteiger partial charge on any atom is -0.396 e. The number of benzene rings is 1. The zero-order chi connectivity index (χ0) is 15.1. The molecule has 0 aliphatic rings. The summed E-state index contributed by atoms with van der Waals surface area (Å²) in [5.41, 5.74) is 4.52. The molecule has 0 saturated carbocycles. The van der Waals surface area contributed by atoms with Crippen LogP contribution in [0.1, 0.15) is 37.0 Å². The first-order chi connectivity index (χ1) is 9.41. The number of nitrogens with two attached hydrogens (primary N) is 1. The van der Waals surface area contributed by atoms with Crippen LogP contribution in [0.3, 0.4) is 0 Å². The number of hydrogen-bond donors (Lipinski definition) is 2. The van der Waals surface area contributed by atoms with Crippen molar-refractivity contribution in [2.75, 3.05) is 18.9 Å². The summed E-state index contributed by atoms with van der Waals surface area (Å²) in [5, 5.41) is 2.53. The molecule has 0 saturated heterocycles. The molecule has 4 nitrogen and oxygen atoms in total. The number of nitrogens with one attached hydrogen (secondary N) is 1. The van der Waals surface area contributed by atoms with E-state index in [-0.39, 0.29) is 17.4 Å². The number of rotatable bonds is 7. The number of ether oxygens (including phenoxy) is 1. The molecule has 0 atom stereocenters. The van der Waals surface area contributed by atoms with E-state index in [2.05, 4.69) is 5.32 Å². The third-order valence-corrected chi connectivity index (χ3v) is 2.62. The summed E-state index contributed by atoms with van der Waals surface area (Å²) in [6.45, 7) is 4.86. The van der Waals surface area contributed by atoms with Crippen molar-refractivity contribution in [2.24, 2.45) is 0 Å². The summed E-state index contributed by atoms with van der Waals surface area (Å²) >= 11 is 0. The van der Waals surface area contributed by atoms with E-state index in [0.717, 1.165) is 18.6 Å². The Morgan fingerprint density at radius 1 is 1.35 bits per heavy atom. The second-order valence-electron chi connectivity index (χ2n) is 4.74. The van der Waals surface area contributed by atoms with Crippen molar-refractivity contribution in [1.29, 1.82) is 0 Å². The van der Waals surface area contributed by atoms with Crippen LogP contribution in [0, 0.1) is 11.6 Å². The molecule has 6 heteroatoms. The first-order valence-corrected chi connectivity index (χ1v) is 6.56. The van der Waals surface area contributed by atoms with Crippen LogP contribution in [0.4, 0.5) is 14.5 Å². The largest absolute Gasteiger partial charge is 0.396 e. The topological polar surface area (TPSA) is 64.3 Å². The molecule has 1 amide bonds. The van der Waals surface area contributed by atoms with Crippen molar-refractivity contribution in [1.82, 2.24) is 5.32 Å². The minimum absolute atomic E-state index is 0.175. The third kappa shape index (κ3) is 5.13. The molecule has 0 fully saturated rings. The van der Waals surface area contributed by atoms with Gasteiger partial charge in [-0.1, -0.05) is 0 Å². The summed E-state index contributed by atoms with van der Waals surface area (Å²) < 4.78 is 32.0. The summed E-state index contributed by atoms with van der Waals surface area (Å²) in [5.74, 6) is -2.30. The van der Waals surface area contributed by atoms with Crippen molar-refractivity contribution in [2.45, 2.75) is 32.8 Å². The molecular weight excluding hydrogens is 266 g/mol. The second kappa shape index (κ2) is 7.79. The second-order valence-corrected chi connectivity index (χ2v) is 4.74. The van der Waals surface area contributed by atoms with Gasteiger partial charge < -0.3 is 15.8 Å². The predicted molar refractivity (Wildman–Crippen MR) is 73.4 cm³/mol. The van der Waals surface area contributed by atoms with Crippen LogP contribution in [0.25, 0.3) is 0 Å². The van der Waals surface area contributed by atoms with Gasteiger partial charge in [0, 0.05) is 13.2 Å². The van der Waals surface area contributed by atoms with Crippen LogP contribution in [0.5, 0.6) is 0 Å². The number of hydrogen-bond acceptors (Lipinski definition) is 3. The molecule has 0 spiro atoms. The quantitative estimate of drug-likeness (QED) is 0.598. The Labute approximate surface area is 117 Å². The SMILES string of the molecule is CC(C)OCCCCNC(=O)c1cc(F)cc(N)c1F. The first-order valence-electron chi connectivity index (χ1n) is 6.56. The van der Waals surface area contributed by atoms with Crippen LogP contribution in [0.2, 0.25) is 0 Å². The highest BCUT2D eigenvalue weighted by molar-refractivity contribution is 5.95. The van der Waals surface area contributed by atoms with E-state index in [1.165, 1.54) is 0 Å². The van der Waals surface area contributed by atoms with E-state index in [1.54, 1.807) is 0 Å². The van der Waals surface area contributed by atoms with Crippen LogP contribution in [-0.4, -0.2) is 25.2 Å². The Morgan fingerprint density at radius 2 is 2.05 bits per heavy atom. The highest BCUT2D eigenvalue weighted by Gasteiger charge is 2.15. The highest BCUT2D eigenvalue weighted by atomic mass is 19.1. The van der Waals surface area contributed by atoms with Crippen LogP contribution >= 0.6 is 0 Å². The number of amides is 1. The van der Waals surface area contributed by atoms with E-state index in [1.807, 2.05) is 13.8 Å². The Morgan fingerprint density at radius 3 is 2.70 bits per heavy atom. The van der Waals surface area contributed by atoms with Gasteiger partial charge in [-0.15, -0.1) is 0 Å². The molecule has 1 aromatic rings. The smallest absolute Gasteiger partial charge is 0.254 e. The molecule has 0 unspecified atom stereocenters. The van der Waals surface area contributed by atoms with E-state index in [9.17, 15) is 13.6 Å². The van der Waals surface area contributed by atoms with E-state index >= 15 is 0 Å². The fourth-order valence-corrected chi connectivity index (χ4v) is 1.62. The summed E-state index contributed by atoms with van der Waals surface area (Å²) in [4.78, 5) is 11.7. The average molecular weight is 286 g/mol. The minimum atomic E-state index is -0.896. The molecule has 0 bridgehead atoms. The fraction of sp³-hybridized carbons (Fsp3) is 0.500. The Balaban J connectivity index is 2.40. The lowest BCUT2D eigenvalue weighted by Crippen LogP contribution is -2.26. The third-order valence-electron chi connectivity index (χ3n) is 2.62. The van der Waals surface area contributed by atoms with Crippen molar-refractivity contribution < 1.29 is 18.3 Å². The van der Waals surface area contributed by atoms with Gasteiger partial charge in [-0.05, 0) is 38.8 Å². The van der Waals surface area contributed by atoms with Gasteiger partial charge in [-0.25, -0.2) is 8.78 Å². The number of anilines is 1. The van der Waals surface area contributed by atoms with E-state index < -0.39 is 17.5 Å².